The van der Waals surface area contributed by atoms with Crippen molar-refractivity contribution in [3.63, 3.8) is 0 Å². The third kappa shape index (κ3) is 13.9. The molecule has 0 aromatic rings. The molecule has 0 saturated heterocycles. The molecule has 0 nitrogen and oxygen atoms in total. The fraction of sp³-hybridized carbons (Fsp3) is 0.941. The molecule has 0 aliphatic heterocycles. The lowest BCUT2D eigenvalue weighted by atomic mass is 9.96. The molecule has 0 spiro atoms. The third-order valence-electron chi connectivity index (χ3n) is 3.69. The van der Waals surface area contributed by atoms with Crippen LogP contribution in [0.2, 0.25) is 0 Å². The molecular formula is C17H35. The Balaban J connectivity index is 3.11. The summed E-state index contributed by atoms with van der Waals surface area (Å²) in [4.78, 5) is 0. The Morgan fingerprint density at radius 1 is 0.706 bits per heavy atom. The SMILES string of the molecule is [CH2]C(C)CCCCCCCC(C)CCCCC. The van der Waals surface area contributed by atoms with Crippen molar-refractivity contribution < 1.29 is 0 Å². The molecule has 0 heteroatoms. The lowest BCUT2D eigenvalue weighted by Gasteiger charge is -2.10. The highest BCUT2D eigenvalue weighted by Crippen LogP contribution is 2.17. The van der Waals surface area contributed by atoms with Crippen molar-refractivity contribution in [3.8, 4) is 0 Å². The minimum atomic E-state index is 0.647. The minimum Gasteiger partial charge on any atom is -0.0654 e. The van der Waals surface area contributed by atoms with Crippen LogP contribution in [-0.2, 0) is 0 Å². The van der Waals surface area contributed by atoms with Crippen molar-refractivity contribution in [2.75, 3.05) is 0 Å². The van der Waals surface area contributed by atoms with E-state index in [1.807, 2.05) is 0 Å². The molecule has 0 aromatic heterocycles. The Labute approximate surface area is 111 Å². The van der Waals surface area contributed by atoms with Crippen molar-refractivity contribution in [2.24, 2.45) is 11.8 Å². The van der Waals surface area contributed by atoms with Crippen LogP contribution in [0.25, 0.3) is 0 Å². The van der Waals surface area contributed by atoms with E-state index in [2.05, 4.69) is 27.7 Å². The van der Waals surface area contributed by atoms with Gasteiger partial charge in [-0.25, -0.2) is 0 Å². The van der Waals surface area contributed by atoms with Crippen LogP contribution < -0.4 is 0 Å². The molecule has 0 aromatic carbocycles. The molecule has 0 amide bonds. The molecule has 0 saturated carbocycles. The molecule has 103 valence electrons. The summed E-state index contributed by atoms with van der Waals surface area (Å²) in [5, 5.41) is 0. The van der Waals surface area contributed by atoms with Gasteiger partial charge in [0.05, 0.1) is 0 Å². The van der Waals surface area contributed by atoms with Crippen LogP contribution >= 0.6 is 0 Å². The van der Waals surface area contributed by atoms with Gasteiger partial charge in [-0.3, -0.25) is 0 Å². The highest BCUT2D eigenvalue weighted by molar-refractivity contribution is 4.56. The molecule has 0 aliphatic rings. The zero-order valence-corrected chi connectivity index (χ0v) is 12.6. The Morgan fingerprint density at radius 3 is 1.71 bits per heavy atom. The molecular weight excluding hydrogens is 204 g/mol. The quantitative estimate of drug-likeness (QED) is 0.345. The molecule has 0 heterocycles. The molecule has 0 rings (SSSR count). The van der Waals surface area contributed by atoms with E-state index < -0.39 is 0 Å². The second-order valence-electron chi connectivity index (χ2n) is 6.05. The standard InChI is InChI=1S/C17H35/c1-5-6-10-14-17(4)15-12-9-7-8-11-13-16(2)3/h16-17H,2,5-15H2,1,3-4H3. The maximum Gasteiger partial charge on any atom is -0.0443 e. The van der Waals surface area contributed by atoms with Crippen LogP contribution in [0.1, 0.15) is 91.4 Å². The molecule has 0 bridgehead atoms. The van der Waals surface area contributed by atoms with Crippen LogP contribution in [-0.4, -0.2) is 0 Å². The summed E-state index contributed by atoms with van der Waals surface area (Å²) in [5.74, 6) is 1.61. The summed E-state index contributed by atoms with van der Waals surface area (Å²) in [7, 11) is 0. The maximum atomic E-state index is 4.03. The first kappa shape index (κ1) is 17.0. The summed E-state index contributed by atoms with van der Waals surface area (Å²) < 4.78 is 0. The third-order valence-corrected chi connectivity index (χ3v) is 3.69. The van der Waals surface area contributed by atoms with Gasteiger partial charge >= 0.3 is 0 Å². The van der Waals surface area contributed by atoms with Gasteiger partial charge in [-0.15, -0.1) is 0 Å². The molecule has 0 N–H and O–H groups in total. The largest absolute Gasteiger partial charge is 0.0654 e. The van der Waals surface area contributed by atoms with Gasteiger partial charge in [0.25, 0.3) is 0 Å². The van der Waals surface area contributed by atoms with E-state index in [1.165, 1.54) is 70.6 Å². The van der Waals surface area contributed by atoms with Gasteiger partial charge in [-0.1, -0.05) is 98.3 Å². The number of hydrogen-bond donors (Lipinski definition) is 0. The fourth-order valence-corrected chi connectivity index (χ4v) is 2.40. The first-order valence-electron chi connectivity index (χ1n) is 7.99. The van der Waals surface area contributed by atoms with E-state index in [0.717, 1.165) is 5.92 Å². The van der Waals surface area contributed by atoms with E-state index >= 15 is 0 Å². The minimum absolute atomic E-state index is 0.647. The second-order valence-corrected chi connectivity index (χ2v) is 6.05. The molecule has 0 fully saturated rings. The number of rotatable bonds is 12. The predicted octanol–water partition coefficient (Wildman–Crippen LogP) is 6.40. The van der Waals surface area contributed by atoms with Crippen molar-refractivity contribution in [2.45, 2.75) is 91.4 Å². The first-order valence-corrected chi connectivity index (χ1v) is 7.99. The highest BCUT2D eigenvalue weighted by atomic mass is 14.1. The lowest BCUT2D eigenvalue weighted by Crippen LogP contribution is -1.95. The summed E-state index contributed by atoms with van der Waals surface area (Å²) >= 11 is 0. The average Bonchev–Trinajstić information content (AvgIpc) is 2.28. The topological polar surface area (TPSA) is 0 Å². The molecule has 17 heavy (non-hydrogen) atoms. The fourth-order valence-electron chi connectivity index (χ4n) is 2.40. The zero-order chi connectivity index (χ0) is 12.9. The van der Waals surface area contributed by atoms with Crippen LogP contribution in [0.3, 0.4) is 0 Å². The lowest BCUT2D eigenvalue weighted by molar-refractivity contribution is 0.434. The maximum absolute atomic E-state index is 4.03. The second kappa shape index (κ2) is 12.5. The normalized spacial score (nSPS) is 13.2. The monoisotopic (exact) mass is 239 g/mol. The van der Waals surface area contributed by atoms with Gasteiger partial charge in [0.2, 0.25) is 0 Å². The van der Waals surface area contributed by atoms with Crippen molar-refractivity contribution in [1.29, 1.82) is 0 Å². The Morgan fingerprint density at radius 2 is 1.18 bits per heavy atom. The molecule has 2 atom stereocenters. The van der Waals surface area contributed by atoms with Gasteiger partial charge < -0.3 is 0 Å². The van der Waals surface area contributed by atoms with Crippen LogP contribution in [0.4, 0.5) is 0 Å². The Bertz CT molecular complexity index is 137. The van der Waals surface area contributed by atoms with Gasteiger partial charge in [-0.2, -0.15) is 0 Å². The van der Waals surface area contributed by atoms with Crippen LogP contribution in [0, 0.1) is 18.8 Å². The molecule has 1 radical (unpaired) electrons. The van der Waals surface area contributed by atoms with Crippen molar-refractivity contribution in [1.82, 2.24) is 0 Å². The predicted molar refractivity (Wildman–Crippen MR) is 80.1 cm³/mol. The van der Waals surface area contributed by atoms with E-state index in [9.17, 15) is 0 Å². The van der Waals surface area contributed by atoms with Gasteiger partial charge in [0.1, 0.15) is 0 Å². The number of unbranched alkanes of at least 4 members (excludes halogenated alkanes) is 6. The summed E-state index contributed by atoms with van der Waals surface area (Å²) in [6, 6.07) is 0. The van der Waals surface area contributed by atoms with Gasteiger partial charge in [0, 0.05) is 0 Å². The van der Waals surface area contributed by atoms with Crippen molar-refractivity contribution >= 4 is 0 Å². The zero-order valence-electron chi connectivity index (χ0n) is 12.6. The smallest absolute Gasteiger partial charge is 0.0443 e. The highest BCUT2D eigenvalue weighted by Gasteiger charge is 2.01. The Kier molecular flexibility index (Phi) is 12.5. The molecule has 0 aliphatic carbocycles. The summed E-state index contributed by atoms with van der Waals surface area (Å²) in [6.07, 6.45) is 15.6. The van der Waals surface area contributed by atoms with Crippen LogP contribution in [0.5, 0.6) is 0 Å². The first-order chi connectivity index (χ1) is 8.16. The van der Waals surface area contributed by atoms with Crippen molar-refractivity contribution in [3.05, 3.63) is 6.92 Å². The summed E-state index contributed by atoms with van der Waals surface area (Å²) in [5.41, 5.74) is 0. The van der Waals surface area contributed by atoms with Gasteiger partial charge in [0.15, 0.2) is 0 Å². The Hall–Kier alpha value is 0. The van der Waals surface area contributed by atoms with E-state index in [0.29, 0.717) is 5.92 Å². The molecule has 2 unspecified atom stereocenters. The summed E-state index contributed by atoms with van der Waals surface area (Å²) in [6.45, 7) is 11.0. The van der Waals surface area contributed by atoms with E-state index in [4.69, 9.17) is 0 Å². The average molecular weight is 239 g/mol. The van der Waals surface area contributed by atoms with Gasteiger partial charge in [-0.05, 0) is 11.8 Å². The van der Waals surface area contributed by atoms with E-state index in [1.54, 1.807) is 0 Å². The van der Waals surface area contributed by atoms with Crippen LogP contribution in [0.15, 0.2) is 0 Å². The van der Waals surface area contributed by atoms with E-state index in [-0.39, 0.29) is 0 Å². The number of hydrogen-bond acceptors (Lipinski definition) is 0.